The van der Waals surface area contributed by atoms with Gasteiger partial charge in [0.1, 0.15) is 0 Å². The van der Waals surface area contributed by atoms with Crippen molar-refractivity contribution in [1.82, 2.24) is 9.97 Å². The minimum Gasteiger partial charge on any atom is -0.311 e. The van der Waals surface area contributed by atoms with Gasteiger partial charge < -0.3 is 4.90 Å². The summed E-state index contributed by atoms with van der Waals surface area (Å²) < 4.78 is 0. The molecule has 0 unspecified atom stereocenters. The van der Waals surface area contributed by atoms with Crippen LogP contribution in [0.1, 0.15) is 15.9 Å². The van der Waals surface area contributed by atoms with Crippen molar-refractivity contribution in [2.24, 2.45) is 0 Å². The van der Waals surface area contributed by atoms with Crippen molar-refractivity contribution in [3.05, 3.63) is 66.0 Å². The van der Waals surface area contributed by atoms with E-state index in [1.807, 2.05) is 49.4 Å². The molecular weight excluding hydrogens is 262 g/mol. The van der Waals surface area contributed by atoms with Crippen molar-refractivity contribution < 1.29 is 4.79 Å². The summed E-state index contributed by atoms with van der Waals surface area (Å²) in [4.78, 5) is 22.7. The lowest BCUT2D eigenvalue weighted by molar-refractivity contribution is 0.0993. The maximum absolute atomic E-state index is 12.5. The fourth-order valence-electron chi connectivity index (χ4n) is 2.25. The van der Waals surface area contributed by atoms with Crippen molar-refractivity contribution in [2.75, 3.05) is 11.9 Å². The van der Waals surface area contributed by atoms with E-state index in [4.69, 9.17) is 0 Å². The Morgan fingerprint density at radius 1 is 1.00 bits per heavy atom. The molecule has 0 N–H and O–H groups in total. The Balaban J connectivity index is 1.96. The number of hydrogen-bond acceptors (Lipinski definition) is 3. The molecule has 0 bridgehead atoms. The number of nitrogens with zero attached hydrogens (tertiary/aromatic N) is 3. The van der Waals surface area contributed by atoms with E-state index < -0.39 is 0 Å². The molecule has 1 aromatic heterocycles. The minimum absolute atomic E-state index is 0.0399. The Morgan fingerprint density at radius 2 is 1.76 bits per heavy atom. The van der Waals surface area contributed by atoms with Gasteiger partial charge in [-0.15, -0.1) is 0 Å². The quantitative estimate of drug-likeness (QED) is 0.722. The number of benzene rings is 2. The lowest BCUT2D eigenvalue weighted by Crippen LogP contribution is -2.26. The van der Waals surface area contributed by atoms with Crippen molar-refractivity contribution in [3.63, 3.8) is 0 Å². The highest BCUT2D eigenvalue weighted by molar-refractivity contribution is 6.06. The molecule has 0 saturated carbocycles. The molecule has 104 valence electrons. The van der Waals surface area contributed by atoms with Crippen molar-refractivity contribution in [3.8, 4) is 0 Å². The summed E-state index contributed by atoms with van der Waals surface area (Å²) in [6.45, 7) is 1.97. The molecule has 2 aromatic carbocycles. The first kappa shape index (κ1) is 13.2. The van der Waals surface area contributed by atoms with Crippen LogP contribution in [0.2, 0.25) is 0 Å². The Kier molecular flexibility index (Phi) is 3.36. The van der Waals surface area contributed by atoms with Gasteiger partial charge in [0.2, 0.25) is 0 Å². The van der Waals surface area contributed by atoms with Crippen molar-refractivity contribution in [2.45, 2.75) is 6.92 Å². The van der Waals surface area contributed by atoms with Gasteiger partial charge in [0, 0.05) is 30.7 Å². The molecule has 21 heavy (non-hydrogen) atoms. The third-order valence-corrected chi connectivity index (χ3v) is 3.41. The number of amides is 1. The fourth-order valence-corrected chi connectivity index (χ4v) is 2.25. The topological polar surface area (TPSA) is 46.1 Å². The lowest BCUT2D eigenvalue weighted by atomic mass is 10.1. The number of rotatable bonds is 2. The van der Waals surface area contributed by atoms with Gasteiger partial charge in [-0.1, -0.05) is 17.7 Å². The average molecular weight is 277 g/mol. The summed E-state index contributed by atoms with van der Waals surface area (Å²) in [6, 6.07) is 13.2. The SMILES string of the molecule is Cc1cccc(C(=O)N(C)c2ccc3nccnc3c2)c1. The summed E-state index contributed by atoms with van der Waals surface area (Å²) in [5.41, 5.74) is 4.14. The van der Waals surface area contributed by atoms with E-state index in [2.05, 4.69) is 9.97 Å². The van der Waals surface area contributed by atoms with E-state index in [0.29, 0.717) is 5.56 Å². The molecule has 0 aliphatic heterocycles. The third kappa shape index (κ3) is 2.60. The van der Waals surface area contributed by atoms with Crippen molar-refractivity contribution >= 4 is 22.6 Å². The Labute approximate surface area is 123 Å². The zero-order chi connectivity index (χ0) is 14.8. The standard InChI is InChI=1S/C17H15N3O/c1-12-4-3-5-13(10-12)17(21)20(2)14-6-7-15-16(11-14)19-9-8-18-15/h3-11H,1-2H3. The largest absolute Gasteiger partial charge is 0.311 e. The van der Waals surface area contributed by atoms with Crippen LogP contribution in [-0.2, 0) is 0 Å². The van der Waals surface area contributed by atoms with Gasteiger partial charge >= 0.3 is 0 Å². The van der Waals surface area contributed by atoms with Crippen LogP contribution in [0, 0.1) is 6.92 Å². The first-order valence-corrected chi connectivity index (χ1v) is 6.70. The second kappa shape index (κ2) is 5.32. The van der Waals surface area contributed by atoms with Gasteiger partial charge in [0.25, 0.3) is 5.91 Å². The second-order valence-corrected chi connectivity index (χ2v) is 4.96. The lowest BCUT2D eigenvalue weighted by Gasteiger charge is -2.18. The zero-order valence-corrected chi connectivity index (χ0v) is 11.9. The van der Waals surface area contributed by atoms with E-state index in [1.165, 1.54) is 0 Å². The summed E-state index contributed by atoms with van der Waals surface area (Å²) in [6.07, 6.45) is 3.30. The number of hydrogen-bond donors (Lipinski definition) is 0. The van der Waals surface area contributed by atoms with Crippen LogP contribution in [0.4, 0.5) is 5.69 Å². The molecule has 0 spiro atoms. The van der Waals surface area contributed by atoms with Gasteiger partial charge in [-0.3, -0.25) is 14.8 Å². The number of anilines is 1. The first-order chi connectivity index (χ1) is 10.1. The summed E-state index contributed by atoms with van der Waals surface area (Å²) in [5, 5.41) is 0. The maximum Gasteiger partial charge on any atom is 0.258 e. The van der Waals surface area contributed by atoms with E-state index in [0.717, 1.165) is 22.3 Å². The number of aromatic nitrogens is 2. The number of aryl methyl sites for hydroxylation is 1. The van der Waals surface area contributed by atoms with Crippen LogP contribution >= 0.6 is 0 Å². The first-order valence-electron chi connectivity index (χ1n) is 6.70. The van der Waals surface area contributed by atoms with Gasteiger partial charge in [0.15, 0.2) is 0 Å². The van der Waals surface area contributed by atoms with Gasteiger partial charge in [0.05, 0.1) is 11.0 Å². The monoisotopic (exact) mass is 277 g/mol. The normalized spacial score (nSPS) is 10.6. The van der Waals surface area contributed by atoms with E-state index in [9.17, 15) is 4.79 Å². The molecule has 0 fully saturated rings. The Hall–Kier alpha value is -2.75. The highest BCUT2D eigenvalue weighted by Gasteiger charge is 2.14. The van der Waals surface area contributed by atoms with E-state index in [-0.39, 0.29) is 5.91 Å². The molecule has 1 heterocycles. The summed E-state index contributed by atoms with van der Waals surface area (Å²) >= 11 is 0. The molecule has 0 aliphatic carbocycles. The van der Waals surface area contributed by atoms with Crippen LogP contribution in [0.5, 0.6) is 0 Å². The van der Waals surface area contributed by atoms with Crippen LogP contribution in [0.3, 0.4) is 0 Å². The van der Waals surface area contributed by atoms with Gasteiger partial charge in [-0.05, 0) is 37.3 Å². The Bertz CT molecular complexity index is 814. The number of carbonyl (C=O) groups excluding carboxylic acids is 1. The predicted molar refractivity (Wildman–Crippen MR) is 83.5 cm³/mol. The molecule has 0 radical (unpaired) electrons. The molecular formula is C17H15N3O. The molecule has 1 amide bonds. The Morgan fingerprint density at radius 3 is 2.52 bits per heavy atom. The number of fused-ring (bicyclic) bond motifs is 1. The third-order valence-electron chi connectivity index (χ3n) is 3.41. The predicted octanol–water partition coefficient (Wildman–Crippen LogP) is 3.21. The molecule has 4 nitrogen and oxygen atoms in total. The molecule has 4 heteroatoms. The molecule has 0 atom stereocenters. The van der Waals surface area contributed by atoms with Crippen LogP contribution in [0.25, 0.3) is 11.0 Å². The second-order valence-electron chi connectivity index (χ2n) is 4.96. The van der Waals surface area contributed by atoms with Crippen LogP contribution in [0.15, 0.2) is 54.9 Å². The zero-order valence-electron chi connectivity index (χ0n) is 11.9. The summed E-state index contributed by atoms with van der Waals surface area (Å²) in [7, 11) is 1.77. The fraction of sp³-hybridized carbons (Fsp3) is 0.118. The number of carbonyl (C=O) groups is 1. The summed E-state index contributed by atoms with van der Waals surface area (Å²) in [5.74, 6) is -0.0399. The smallest absolute Gasteiger partial charge is 0.258 e. The van der Waals surface area contributed by atoms with Crippen LogP contribution in [-0.4, -0.2) is 22.9 Å². The highest BCUT2D eigenvalue weighted by Crippen LogP contribution is 2.20. The molecule has 3 aromatic rings. The molecule has 3 rings (SSSR count). The minimum atomic E-state index is -0.0399. The van der Waals surface area contributed by atoms with Crippen LogP contribution < -0.4 is 4.90 Å². The molecule has 0 aliphatic rings. The highest BCUT2D eigenvalue weighted by atomic mass is 16.2. The van der Waals surface area contributed by atoms with E-state index >= 15 is 0 Å². The van der Waals surface area contributed by atoms with Gasteiger partial charge in [-0.2, -0.15) is 0 Å². The maximum atomic E-state index is 12.5. The van der Waals surface area contributed by atoms with Gasteiger partial charge in [-0.25, -0.2) is 0 Å². The molecule has 0 saturated heterocycles. The van der Waals surface area contributed by atoms with E-state index in [1.54, 1.807) is 24.3 Å². The average Bonchev–Trinajstić information content (AvgIpc) is 2.53. The van der Waals surface area contributed by atoms with Crippen molar-refractivity contribution in [1.29, 1.82) is 0 Å².